The van der Waals surface area contributed by atoms with Crippen molar-refractivity contribution in [2.24, 2.45) is 0 Å². The van der Waals surface area contributed by atoms with E-state index in [0.29, 0.717) is 18.3 Å². The number of fused-ring (bicyclic) bond motifs is 2. The molecular formula is C32H36N2O3. The summed E-state index contributed by atoms with van der Waals surface area (Å²) in [5.41, 5.74) is 9.32. The highest BCUT2D eigenvalue weighted by molar-refractivity contribution is 6.35. The maximum Gasteiger partial charge on any atom is 0.256 e. The van der Waals surface area contributed by atoms with Crippen LogP contribution in [0.25, 0.3) is 11.6 Å². The van der Waals surface area contributed by atoms with E-state index in [4.69, 9.17) is 4.74 Å². The average Bonchev–Trinajstić information content (AvgIpc) is 3.41. The Hall–Kier alpha value is -3.86. The first-order valence-electron chi connectivity index (χ1n) is 13.0. The Balaban J connectivity index is 0.000000265. The number of hydrogen-bond acceptors (Lipinski definition) is 3. The lowest BCUT2D eigenvalue weighted by atomic mass is 9.90. The number of para-hydroxylation sites is 1. The van der Waals surface area contributed by atoms with Crippen LogP contribution in [0.2, 0.25) is 0 Å². The Morgan fingerprint density at radius 2 is 1.57 bits per heavy atom. The van der Waals surface area contributed by atoms with Gasteiger partial charge in [-0.15, -0.1) is 0 Å². The molecule has 2 amide bonds. The van der Waals surface area contributed by atoms with Gasteiger partial charge >= 0.3 is 0 Å². The SMILES string of the molecule is CCc1ccc2c(c1)C(=Cc1cc(C(C)C)c(OC)c(C(C)C)c1)C(=O)N2.O=C1Cc2ccccc2N1. The summed E-state index contributed by atoms with van der Waals surface area (Å²) in [6.45, 7) is 10.8. The predicted octanol–water partition coefficient (Wildman–Crippen LogP) is 7.18. The fourth-order valence-corrected chi connectivity index (χ4v) is 4.80. The molecular weight excluding hydrogens is 460 g/mol. The van der Waals surface area contributed by atoms with Crippen LogP contribution < -0.4 is 15.4 Å². The average molecular weight is 497 g/mol. The van der Waals surface area contributed by atoms with Crippen LogP contribution in [-0.2, 0) is 22.4 Å². The molecule has 2 heterocycles. The molecule has 0 aliphatic carbocycles. The molecule has 5 heteroatoms. The van der Waals surface area contributed by atoms with Crippen LogP contribution in [0.3, 0.4) is 0 Å². The monoisotopic (exact) mass is 496 g/mol. The molecule has 0 saturated carbocycles. The second kappa shape index (κ2) is 11.0. The number of methoxy groups -OCH3 is 1. The highest BCUT2D eigenvalue weighted by Gasteiger charge is 2.25. The number of carbonyl (C=O) groups is 2. The number of amides is 2. The number of anilines is 2. The van der Waals surface area contributed by atoms with E-state index < -0.39 is 0 Å². The molecule has 2 N–H and O–H groups in total. The molecule has 3 aromatic rings. The molecule has 0 spiro atoms. The molecule has 2 aliphatic rings. The standard InChI is InChI=1S/C24H29NO2.C8H7NO/c1-7-16-8-9-22-20(10-16)21(24(26)25-22)13-17-11-18(14(2)3)23(27-6)19(12-17)15(4)5;10-8-5-6-3-1-2-4-7(6)9-8/h8-15H,7H2,1-6H3,(H,25,26);1-4H,5H2,(H,9,10). The second-order valence-electron chi connectivity index (χ2n) is 10.2. The summed E-state index contributed by atoms with van der Waals surface area (Å²) in [6, 6.07) is 18.2. The molecule has 0 aromatic heterocycles. The van der Waals surface area contributed by atoms with E-state index >= 15 is 0 Å². The molecule has 0 unspecified atom stereocenters. The van der Waals surface area contributed by atoms with Crippen molar-refractivity contribution in [2.75, 3.05) is 17.7 Å². The van der Waals surface area contributed by atoms with Crippen LogP contribution in [-0.4, -0.2) is 18.9 Å². The summed E-state index contributed by atoms with van der Waals surface area (Å²) in [7, 11) is 1.73. The largest absolute Gasteiger partial charge is 0.496 e. The van der Waals surface area contributed by atoms with E-state index in [1.54, 1.807) is 7.11 Å². The summed E-state index contributed by atoms with van der Waals surface area (Å²) in [4.78, 5) is 23.4. The minimum Gasteiger partial charge on any atom is -0.496 e. The molecule has 0 radical (unpaired) electrons. The normalized spacial score (nSPS) is 14.8. The number of rotatable bonds is 5. The van der Waals surface area contributed by atoms with Crippen LogP contribution in [0, 0.1) is 0 Å². The van der Waals surface area contributed by atoms with Crippen LogP contribution in [0.15, 0.2) is 54.6 Å². The maximum absolute atomic E-state index is 12.6. The maximum atomic E-state index is 12.6. The Bertz CT molecular complexity index is 1310. The summed E-state index contributed by atoms with van der Waals surface area (Å²) >= 11 is 0. The zero-order valence-corrected chi connectivity index (χ0v) is 22.6. The van der Waals surface area contributed by atoms with E-state index in [-0.39, 0.29) is 11.8 Å². The molecule has 0 saturated heterocycles. The van der Waals surface area contributed by atoms with E-state index in [9.17, 15) is 9.59 Å². The molecule has 5 rings (SSSR count). The van der Waals surface area contributed by atoms with Gasteiger partial charge in [0.1, 0.15) is 5.75 Å². The van der Waals surface area contributed by atoms with Gasteiger partial charge in [-0.3, -0.25) is 9.59 Å². The van der Waals surface area contributed by atoms with Crippen LogP contribution >= 0.6 is 0 Å². The Labute approximate surface area is 219 Å². The van der Waals surface area contributed by atoms with Gasteiger partial charge in [0, 0.05) is 22.5 Å². The highest BCUT2D eigenvalue weighted by Crippen LogP contribution is 2.38. The summed E-state index contributed by atoms with van der Waals surface area (Å²) in [5, 5.41) is 5.74. The molecule has 3 aromatic carbocycles. The van der Waals surface area contributed by atoms with Crippen molar-refractivity contribution < 1.29 is 14.3 Å². The van der Waals surface area contributed by atoms with Gasteiger partial charge in [-0.25, -0.2) is 0 Å². The van der Waals surface area contributed by atoms with Gasteiger partial charge in [-0.1, -0.05) is 58.9 Å². The van der Waals surface area contributed by atoms with Crippen molar-refractivity contribution in [1.29, 1.82) is 0 Å². The number of benzene rings is 3. The van der Waals surface area contributed by atoms with Gasteiger partial charge in [-0.2, -0.15) is 0 Å². The highest BCUT2D eigenvalue weighted by atomic mass is 16.5. The van der Waals surface area contributed by atoms with E-state index in [0.717, 1.165) is 45.8 Å². The lowest BCUT2D eigenvalue weighted by molar-refractivity contribution is -0.115. The number of carbonyl (C=O) groups excluding carboxylic acids is 2. The van der Waals surface area contributed by atoms with E-state index in [1.165, 1.54) is 16.7 Å². The van der Waals surface area contributed by atoms with Crippen molar-refractivity contribution in [1.82, 2.24) is 0 Å². The molecule has 37 heavy (non-hydrogen) atoms. The minimum absolute atomic E-state index is 0.0359. The predicted molar refractivity (Wildman–Crippen MR) is 152 cm³/mol. The zero-order valence-electron chi connectivity index (χ0n) is 22.6. The van der Waals surface area contributed by atoms with Crippen LogP contribution in [0.5, 0.6) is 5.75 Å². The summed E-state index contributed by atoms with van der Waals surface area (Å²) in [6.07, 6.45) is 3.50. The van der Waals surface area contributed by atoms with Gasteiger partial charge in [0.15, 0.2) is 0 Å². The van der Waals surface area contributed by atoms with Gasteiger partial charge in [0.05, 0.1) is 13.5 Å². The van der Waals surface area contributed by atoms with Crippen molar-refractivity contribution in [3.05, 3.63) is 88.0 Å². The molecule has 192 valence electrons. The first-order chi connectivity index (χ1) is 17.7. The summed E-state index contributed by atoms with van der Waals surface area (Å²) < 4.78 is 5.73. The summed E-state index contributed by atoms with van der Waals surface area (Å²) in [5.74, 6) is 1.71. The van der Waals surface area contributed by atoms with Gasteiger partial charge in [0.2, 0.25) is 5.91 Å². The third-order valence-electron chi connectivity index (χ3n) is 6.85. The number of ether oxygens (including phenoxy) is 1. The first-order valence-corrected chi connectivity index (χ1v) is 13.0. The van der Waals surface area contributed by atoms with Gasteiger partial charge < -0.3 is 15.4 Å². The fraction of sp³-hybridized carbons (Fsp3) is 0.312. The fourth-order valence-electron chi connectivity index (χ4n) is 4.80. The molecule has 0 bridgehead atoms. The van der Waals surface area contributed by atoms with Crippen molar-refractivity contribution in [3.63, 3.8) is 0 Å². The third-order valence-corrected chi connectivity index (χ3v) is 6.85. The lowest BCUT2D eigenvalue weighted by Gasteiger charge is -2.19. The third kappa shape index (κ3) is 5.61. The molecule has 0 fully saturated rings. The second-order valence-corrected chi connectivity index (χ2v) is 10.2. The smallest absolute Gasteiger partial charge is 0.256 e. The Morgan fingerprint density at radius 3 is 2.16 bits per heavy atom. The minimum atomic E-state index is -0.0359. The van der Waals surface area contributed by atoms with Gasteiger partial charge in [-0.05, 0) is 82.5 Å². The van der Waals surface area contributed by atoms with Gasteiger partial charge in [0.25, 0.3) is 5.91 Å². The number of hydrogen-bond donors (Lipinski definition) is 2. The van der Waals surface area contributed by atoms with Crippen LogP contribution in [0.1, 0.15) is 79.8 Å². The van der Waals surface area contributed by atoms with Crippen LogP contribution in [0.4, 0.5) is 11.4 Å². The number of nitrogens with one attached hydrogen (secondary N) is 2. The van der Waals surface area contributed by atoms with E-state index in [1.807, 2.05) is 36.4 Å². The Morgan fingerprint density at radius 1 is 0.892 bits per heavy atom. The van der Waals surface area contributed by atoms with E-state index in [2.05, 4.69) is 69.5 Å². The molecule has 0 atom stereocenters. The number of aryl methyl sites for hydroxylation is 1. The van der Waals surface area contributed by atoms with Crippen molar-refractivity contribution in [2.45, 2.75) is 59.3 Å². The quantitative estimate of drug-likeness (QED) is 0.368. The molecule has 5 nitrogen and oxygen atoms in total. The van der Waals surface area contributed by atoms with Crippen molar-refractivity contribution >= 4 is 34.8 Å². The zero-order chi connectivity index (χ0) is 26.7. The van der Waals surface area contributed by atoms with Crippen molar-refractivity contribution in [3.8, 4) is 5.75 Å². The Kier molecular flexibility index (Phi) is 7.82. The lowest BCUT2D eigenvalue weighted by Crippen LogP contribution is -2.04. The topological polar surface area (TPSA) is 67.4 Å². The first kappa shape index (κ1) is 26.2. The molecule has 2 aliphatic heterocycles.